The second kappa shape index (κ2) is 9.04. The highest BCUT2D eigenvalue weighted by atomic mass is 19.4. The zero-order valence-electron chi connectivity index (χ0n) is 20.4. The van der Waals surface area contributed by atoms with Crippen LogP contribution < -0.4 is 10.2 Å². The number of anilines is 2. The summed E-state index contributed by atoms with van der Waals surface area (Å²) in [7, 11) is 0. The van der Waals surface area contributed by atoms with Crippen molar-refractivity contribution < 1.29 is 32.5 Å². The highest BCUT2D eigenvalue weighted by molar-refractivity contribution is 6.24. The summed E-state index contributed by atoms with van der Waals surface area (Å²) in [6, 6.07) is 14.4. The minimum atomic E-state index is -4.63. The lowest BCUT2D eigenvalue weighted by atomic mass is 9.84. The van der Waals surface area contributed by atoms with Gasteiger partial charge in [-0.3, -0.25) is 24.5 Å². The number of nitro groups is 1. The van der Waals surface area contributed by atoms with Crippen LogP contribution in [0, 0.1) is 22.0 Å². The molecule has 6 rings (SSSR count). The van der Waals surface area contributed by atoms with E-state index in [2.05, 4.69) is 5.32 Å². The summed E-state index contributed by atoms with van der Waals surface area (Å²) < 4.78 is 39.8. The van der Waals surface area contributed by atoms with Crippen molar-refractivity contribution in [3.05, 3.63) is 106 Å². The third-order valence-electron chi connectivity index (χ3n) is 7.49. The van der Waals surface area contributed by atoms with Gasteiger partial charge < -0.3 is 10.2 Å². The molecular weight excluding hydrogens is 529 g/mol. The third-order valence-corrected chi connectivity index (χ3v) is 7.49. The van der Waals surface area contributed by atoms with Crippen molar-refractivity contribution in [1.82, 2.24) is 4.90 Å². The standard InChI is InChI=1S/C28H19F3N4O5/c29-28(30,31)16-6-3-7-17(13-16)32-25(36)24-22-21(23-20-10-2-1-5-15(20)11-12-33(23)24)26(37)34(27(22)38)18-8-4-9-19(14-18)35(39)40/h1-14,21-24H,(H,32,36)/t21-,22-,23+,24+/m0/s1. The molecule has 3 aromatic carbocycles. The number of nitro benzene ring substituents is 1. The first-order valence-electron chi connectivity index (χ1n) is 12.2. The van der Waals surface area contributed by atoms with Gasteiger partial charge in [-0.15, -0.1) is 0 Å². The van der Waals surface area contributed by atoms with Crippen molar-refractivity contribution in [1.29, 1.82) is 0 Å². The van der Waals surface area contributed by atoms with Crippen molar-refractivity contribution in [2.45, 2.75) is 18.3 Å². The number of fused-ring (bicyclic) bond motifs is 5. The van der Waals surface area contributed by atoms with Gasteiger partial charge in [-0.05, 0) is 41.5 Å². The third kappa shape index (κ3) is 3.91. The summed E-state index contributed by atoms with van der Waals surface area (Å²) in [5, 5.41) is 13.8. The summed E-state index contributed by atoms with van der Waals surface area (Å²) in [5.41, 5.74) is 0.104. The molecular formula is C28H19F3N4O5. The first-order chi connectivity index (χ1) is 19.1. The molecule has 202 valence electrons. The highest BCUT2D eigenvalue weighted by Crippen LogP contribution is 2.53. The molecule has 3 aromatic rings. The van der Waals surface area contributed by atoms with Gasteiger partial charge in [-0.2, -0.15) is 13.2 Å². The maximum Gasteiger partial charge on any atom is 0.416 e. The van der Waals surface area contributed by atoms with Gasteiger partial charge in [0.25, 0.3) is 5.69 Å². The minimum Gasteiger partial charge on any atom is -0.357 e. The predicted molar refractivity (Wildman–Crippen MR) is 136 cm³/mol. The van der Waals surface area contributed by atoms with Crippen LogP contribution in [0.15, 0.2) is 79.0 Å². The Bertz CT molecular complexity index is 1620. The Balaban J connectivity index is 1.42. The number of nitrogens with zero attached hydrogens (tertiary/aromatic N) is 3. The number of amides is 3. The maximum atomic E-state index is 13.9. The van der Waals surface area contributed by atoms with Gasteiger partial charge in [0.05, 0.1) is 34.1 Å². The van der Waals surface area contributed by atoms with E-state index in [1.54, 1.807) is 35.4 Å². The SMILES string of the molecule is O=C(Nc1cccc(C(F)(F)F)c1)[C@H]1[C@H]2C(=O)N(c3cccc([N+](=O)[O-])c3)C(=O)[C@@H]2[C@H]2c3ccccc3C=CN21. The molecule has 0 bridgehead atoms. The second-order valence-corrected chi connectivity index (χ2v) is 9.69. The number of carbonyl (C=O) groups excluding carboxylic acids is 3. The summed E-state index contributed by atoms with van der Waals surface area (Å²) in [6.45, 7) is 0. The Kier molecular flexibility index (Phi) is 5.71. The van der Waals surface area contributed by atoms with Crippen LogP contribution in [0.25, 0.3) is 6.08 Å². The number of hydrogen-bond donors (Lipinski definition) is 1. The monoisotopic (exact) mass is 548 g/mol. The van der Waals surface area contributed by atoms with Gasteiger partial charge in [0, 0.05) is 24.0 Å². The predicted octanol–water partition coefficient (Wildman–Crippen LogP) is 4.77. The topological polar surface area (TPSA) is 113 Å². The van der Waals surface area contributed by atoms with E-state index in [1.165, 1.54) is 24.3 Å². The van der Waals surface area contributed by atoms with E-state index in [0.717, 1.165) is 34.7 Å². The molecule has 12 heteroatoms. The summed E-state index contributed by atoms with van der Waals surface area (Å²) in [5.74, 6) is -4.32. The van der Waals surface area contributed by atoms with Crippen molar-refractivity contribution in [3.63, 3.8) is 0 Å². The van der Waals surface area contributed by atoms with E-state index in [9.17, 15) is 37.7 Å². The van der Waals surface area contributed by atoms with Crippen LogP contribution in [0.2, 0.25) is 0 Å². The molecule has 0 aromatic heterocycles. The summed E-state index contributed by atoms with van der Waals surface area (Å²) in [6.07, 6.45) is -1.28. The summed E-state index contributed by atoms with van der Waals surface area (Å²) >= 11 is 0. The lowest BCUT2D eigenvalue weighted by Gasteiger charge is -2.35. The quantitative estimate of drug-likeness (QED) is 0.286. The number of alkyl halides is 3. The molecule has 40 heavy (non-hydrogen) atoms. The molecule has 3 aliphatic heterocycles. The van der Waals surface area contributed by atoms with Crippen molar-refractivity contribution in [2.24, 2.45) is 11.8 Å². The molecule has 0 radical (unpaired) electrons. The fraction of sp³-hybridized carbons (Fsp3) is 0.179. The zero-order valence-corrected chi connectivity index (χ0v) is 20.4. The van der Waals surface area contributed by atoms with Crippen molar-refractivity contribution in [3.8, 4) is 0 Å². The van der Waals surface area contributed by atoms with E-state index >= 15 is 0 Å². The van der Waals surface area contributed by atoms with E-state index < -0.39 is 58.3 Å². The first-order valence-corrected chi connectivity index (χ1v) is 12.2. The molecule has 0 aliphatic carbocycles. The van der Waals surface area contributed by atoms with Gasteiger partial charge in [-0.1, -0.05) is 36.4 Å². The number of nitrogens with one attached hydrogen (secondary N) is 1. The molecule has 0 saturated carbocycles. The molecule has 3 amide bonds. The Labute approximate surface area is 224 Å². The molecule has 9 nitrogen and oxygen atoms in total. The number of non-ortho nitro benzene ring substituents is 1. The molecule has 4 atom stereocenters. The lowest BCUT2D eigenvalue weighted by Crippen LogP contribution is -2.46. The second-order valence-electron chi connectivity index (χ2n) is 9.69. The highest BCUT2D eigenvalue weighted by Gasteiger charge is 2.64. The zero-order chi connectivity index (χ0) is 28.3. The normalized spacial score (nSPS) is 23.1. The average Bonchev–Trinajstić information content (AvgIpc) is 3.40. The van der Waals surface area contributed by atoms with E-state index in [4.69, 9.17) is 0 Å². The Morgan fingerprint density at radius 3 is 2.40 bits per heavy atom. The molecule has 3 heterocycles. The first kappa shape index (κ1) is 25.3. The molecule has 1 N–H and O–H groups in total. The van der Waals surface area contributed by atoms with Crippen LogP contribution in [0.4, 0.5) is 30.2 Å². The van der Waals surface area contributed by atoms with Crippen LogP contribution >= 0.6 is 0 Å². The number of carbonyl (C=O) groups is 3. The van der Waals surface area contributed by atoms with Crippen molar-refractivity contribution in [2.75, 3.05) is 10.2 Å². The lowest BCUT2D eigenvalue weighted by molar-refractivity contribution is -0.384. The molecule has 0 unspecified atom stereocenters. The van der Waals surface area contributed by atoms with Crippen LogP contribution in [0.3, 0.4) is 0 Å². The molecule has 2 fully saturated rings. The summed E-state index contributed by atoms with van der Waals surface area (Å²) in [4.78, 5) is 54.5. The van der Waals surface area contributed by atoms with Gasteiger partial charge in [0.15, 0.2) is 0 Å². The van der Waals surface area contributed by atoms with Gasteiger partial charge >= 0.3 is 6.18 Å². The Morgan fingerprint density at radius 2 is 1.65 bits per heavy atom. The largest absolute Gasteiger partial charge is 0.416 e. The Hall–Kier alpha value is -5.00. The molecule has 2 saturated heterocycles. The van der Waals surface area contributed by atoms with E-state index in [0.29, 0.717) is 5.56 Å². The van der Waals surface area contributed by atoms with Gasteiger partial charge in [-0.25, -0.2) is 4.90 Å². The number of rotatable bonds is 4. The van der Waals surface area contributed by atoms with E-state index in [1.807, 2.05) is 6.07 Å². The smallest absolute Gasteiger partial charge is 0.357 e. The average molecular weight is 548 g/mol. The van der Waals surface area contributed by atoms with Crippen LogP contribution in [0.1, 0.15) is 22.7 Å². The van der Waals surface area contributed by atoms with Crippen LogP contribution in [-0.2, 0) is 20.6 Å². The van der Waals surface area contributed by atoms with Crippen LogP contribution in [0.5, 0.6) is 0 Å². The maximum absolute atomic E-state index is 13.9. The molecule has 0 spiro atoms. The number of halogens is 3. The minimum absolute atomic E-state index is 0.00169. The van der Waals surface area contributed by atoms with Crippen LogP contribution in [-0.4, -0.2) is 33.6 Å². The number of hydrogen-bond acceptors (Lipinski definition) is 6. The Morgan fingerprint density at radius 1 is 0.925 bits per heavy atom. The van der Waals surface area contributed by atoms with Gasteiger partial charge in [0.2, 0.25) is 17.7 Å². The van der Waals surface area contributed by atoms with Crippen molar-refractivity contribution >= 4 is 40.9 Å². The number of imide groups is 1. The van der Waals surface area contributed by atoms with E-state index in [-0.39, 0.29) is 17.1 Å². The molecule has 3 aliphatic rings. The fourth-order valence-electron chi connectivity index (χ4n) is 5.85. The van der Waals surface area contributed by atoms with Gasteiger partial charge in [0.1, 0.15) is 6.04 Å². The number of benzene rings is 3. The fourth-order valence-corrected chi connectivity index (χ4v) is 5.85.